The Kier molecular flexibility index (Phi) is 8.25. The van der Waals surface area contributed by atoms with E-state index in [1.807, 2.05) is 0 Å². The van der Waals surface area contributed by atoms with Crippen molar-refractivity contribution in [3.05, 3.63) is 32.4 Å². The van der Waals surface area contributed by atoms with Crippen molar-refractivity contribution < 1.29 is 66.0 Å². The number of amides is 1. The maximum Gasteiger partial charge on any atom is 1.00 e. The Labute approximate surface area is 115 Å². The van der Waals surface area contributed by atoms with E-state index >= 15 is 0 Å². The van der Waals surface area contributed by atoms with E-state index in [4.69, 9.17) is 0 Å². The molecule has 66 valence electrons. The van der Waals surface area contributed by atoms with E-state index in [1.54, 1.807) is 0 Å². The Morgan fingerprint density at radius 3 is 1.92 bits per heavy atom. The maximum absolute atomic E-state index is 10.0. The average Bonchev–Trinajstić information content (AvgIpc) is 1.84. The van der Waals surface area contributed by atoms with Crippen molar-refractivity contribution in [1.82, 2.24) is 0 Å². The first kappa shape index (κ1) is 15.1. The van der Waals surface area contributed by atoms with Gasteiger partial charge in [0, 0.05) is 6.08 Å². The summed E-state index contributed by atoms with van der Waals surface area (Å²) in [4.78, 5) is 27.6. The van der Waals surface area contributed by atoms with Gasteiger partial charge in [-0.05, 0) is 0 Å². The molecular weight excluding hydrogens is 209 g/mol. The molecule has 13 heavy (non-hydrogen) atoms. The Balaban J connectivity index is 0. The predicted octanol–water partition coefficient (Wildman–Crippen LogP) is -4.09. The van der Waals surface area contributed by atoms with Crippen LogP contribution in [0, 0.1) is 20.2 Å². The van der Waals surface area contributed by atoms with Crippen LogP contribution in [0.15, 0.2) is 12.2 Å². The molecule has 9 heteroatoms. The number of rotatable bonds is 4. The molecule has 2 N–H and O–H groups in total. The van der Waals surface area contributed by atoms with Crippen molar-refractivity contribution in [2.24, 2.45) is 5.73 Å². The molecule has 0 rings (SSSR count). The van der Waals surface area contributed by atoms with Crippen LogP contribution < -0.4 is 57.1 Å². The van der Waals surface area contributed by atoms with Gasteiger partial charge in [0.05, 0.1) is 6.08 Å². The molecule has 0 bridgehead atoms. The fraction of sp³-hybridized carbons (Fsp3) is 0.250. The Morgan fingerprint density at radius 1 is 1.31 bits per heavy atom. The summed E-state index contributed by atoms with van der Waals surface area (Å²) in [6, 6.07) is 0. The maximum atomic E-state index is 10.0. The molecule has 0 aliphatic rings. The van der Waals surface area contributed by atoms with E-state index < -0.39 is 21.9 Å². The molecule has 0 atom stereocenters. The van der Waals surface area contributed by atoms with Gasteiger partial charge in [-0.1, -0.05) is 0 Å². The van der Waals surface area contributed by atoms with Crippen molar-refractivity contribution in [3.63, 3.8) is 0 Å². The summed E-state index contributed by atoms with van der Waals surface area (Å²) < 4.78 is 0. The Bertz CT molecular complexity index is 238. The first-order valence-electron chi connectivity index (χ1n) is 2.69. The van der Waals surface area contributed by atoms with Gasteiger partial charge in [-0.3, -0.25) is 25.0 Å². The van der Waals surface area contributed by atoms with Gasteiger partial charge in [-0.25, -0.2) is 0 Å². The third kappa shape index (κ3) is 6.78. The van der Waals surface area contributed by atoms with Gasteiger partial charge in [0.1, 0.15) is 9.85 Å². The van der Waals surface area contributed by atoms with E-state index in [2.05, 4.69) is 5.73 Å². The molecule has 0 saturated carbocycles. The molecule has 0 heterocycles. The number of carbonyl (C=O) groups is 1. The molecule has 0 radical (unpaired) electrons. The topological polar surface area (TPSA) is 129 Å². The van der Waals surface area contributed by atoms with Crippen LogP contribution in [0.25, 0.3) is 0 Å². The van der Waals surface area contributed by atoms with Gasteiger partial charge >= 0.3 is 57.6 Å². The van der Waals surface area contributed by atoms with Crippen molar-refractivity contribution >= 4 is 5.91 Å². The molecule has 0 fully saturated rings. The van der Waals surface area contributed by atoms with Crippen LogP contribution in [-0.2, 0) is 4.79 Å². The standard InChI is InChI=1S/C4H5N3O5.K/c5-3(8)1-2-4(6(9)10)7(11)12;/h1-2,4H,(H2,5,8);/q;+1/b2-1+;. The number of nitrogens with zero attached hydrogens (tertiary/aromatic N) is 2. The molecule has 0 saturated heterocycles. The van der Waals surface area contributed by atoms with E-state index in [9.17, 15) is 25.0 Å². The monoisotopic (exact) mass is 214 g/mol. The van der Waals surface area contributed by atoms with Crippen LogP contribution in [0.3, 0.4) is 0 Å². The third-order valence-electron chi connectivity index (χ3n) is 0.865. The summed E-state index contributed by atoms with van der Waals surface area (Å²) in [7, 11) is 0. The van der Waals surface area contributed by atoms with Gasteiger partial charge in [-0.2, -0.15) is 0 Å². The van der Waals surface area contributed by atoms with Crippen molar-refractivity contribution in [3.8, 4) is 0 Å². The average molecular weight is 214 g/mol. The van der Waals surface area contributed by atoms with Crippen LogP contribution in [0.4, 0.5) is 0 Å². The summed E-state index contributed by atoms with van der Waals surface area (Å²) in [5, 5.41) is 19.8. The Morgan fingerprint density at radius 2 is 1.69 bits per heavy atom. The summed E-state index contributed by atoms with van der Waals surface area (Å²) in [5.74, 6) is -0.969. The summed E-state index contributed by atoms with van der Waals surface area (Å²) in [6.45, 7) is 0. The zero-order chi connectivity index (χ0) is 9.72. The number of nitrogens with two attached hydrogens (primary N) is 1. The predicted molar refractivity (Wildman–Crippen MR) is 36.1 cm³/mol. The summed E-state index contributed by atoms with van der Waals surface area (Å²) in [5.41, 5.74) is 4.57. The van der Waals surface area contributed by atoms with Gasteiger partial charge in [0.15, 0.2) is 0 Å². The van der Waals surface area contributed by atoms with Gasteiger partial charge < -0.3 is 5.73 Å². The molecule has 1 amide bonds. The zero-order valence-electron chi connectivity index (χ0n) is 6.75. The number of nitro groups is 2. The van der Waals surface area contributed by atoms with Crippen LogP contribution in [-0.4, -0.2) is 21.9 Å². The minimum atomic E-state index is -2.11. The Hall–Kier alpha value is -0.354. The zero-order valence-corrected chi connectivity index (χ0v) is 9.87. The minimum absolute atomic E-state index is 0. The van der Waals surface area contributed by atoms with E-state index in [0.29, 0.717) is 12.2 Å². The minimum Gasteiger partial charge on any atom is -0.366 e. The number of hydrogen-bond donors (Lipinski definition) is 1. The van der Waals surface area contributed by atoms with E-state index in [0.717, 1.165) is 0 Å². The van der Waals surface area contributed by atoms with Crippen LogP contribution >= 0.6 is 0 Å². The summed E-state index contributed by atoms with van der Waals surface area (Å²) >= 11 is 0. The number of carbonyl (C=O) groups excluding carboxylic acids is 1. The second-order valence-electron chi connectivity index (χ2n) is 1.75. The first-order chi connectivity index (χ1) is 5.45. The second kappa shape index (κ2) is 7.09. The normalized spacial score (nSPS) is 9.62. The van der Waals surface area contributed by atoms with Crippen LogP contribution in [0.2, 0.25) is 0 Å². The van der Waals surface area contributed by atoms with Crippen LogP contribution in [0.1, 0.15) is 0 Å². The second-order valence-corrected chi connectivity index (χ2v) is 1.75. The first-order valence-corrected chi connectivity index (χ1v) is 2.69. The van der Waals surface area contributed by atoms with Crippen molar-refractivity contribution in [1.29, 1.82) is 0 Å². The fourth-order valence-electron chi connectivity index (χ4n) is 0.398. The molecule has 0 aromatic rings. The largest absolute Gasteiger partial charge is 1.00 e. The van der Waals surface area contributed by atoms with E-state index in [-0.39, 0.29) is 51.4 Å². The molecule has 0 aromatic heterocycles. The van der Waals surface area contributed by atoms with Crippen molar-refractivity contribution in [2.45, 2.75) is 6.17 Å². The van der Waals surface area contributed by atoms with Crippen LogP contribution in [0.5, 0.6) is 0 Å². The fourth-order valence-corrected chi connectivity index (χ4v) is 0.398. The molecule has 8 nitrogen and oxygen atoms in total. The van der Waals surface area contributed by atoms with Gasteiger partial charge in [0.25, 0.3) is 0 Å². The molecule has 0 unspecified atom stereocenters. The summed E-state index contributed by atoms with van der Waals surface area (Å²) in [6.07, 6.45) is -1.02. The van der Waals surface area contributed by atoms with Gasteiger partial charge in [-0.15, -0.1) is 0 Å². The number of primary amides is 1. The molecule has 0 spiro atoms. The molecule has 0 aromatic carbocycles. The number of hydrogen-bond acceptors (Lipinski definition) is 5. The van der Waals surface area contributed by atoms with Crippen molar-refractivity contribution in [2.75, 3.05) is 0 Å². The third-order valence-corrected chi connectivity index (χ3v) is 0.865. The molecule has 0 aliphatic heterocycles. The molecule has 0 aliphatic carbocycles. The van der Waals surface area contributed by atoms with E-state index in [1.165, 1.54) is 0 Å². The quantitative estimate of drug-likeness (QED) is 0.167. The smallest absolute Gasteiger partial charge is 0.366 e. The SMILES string of the molecule is NC(=O)/C=C/C([N+](=O)[O-])[N+](=O)[O-].[K+]. The van der Waals surface area contributed by atoms with Gasteiger partial charge in [0.2, 0.25) is 5.91 Å². The molecular formula is C4H5KN3O5+.